The van der Waals surface area contributed by atoms with Gasteiger partial charge in [-0.25, -0.2) is 0 Å². The summed E-state index contributed by atoms with van der Waals surface area (Å²) < 4.78 is 0. The Balaban J connectivity index is -0.000000376. The molecule has 1 aromatic carbocycles. The average Bonchev–Trinajstić information content (AvgIpc) is 2.75. The van der Waals surface area contributed by atoms with Crippen molar-refractivity contribution >= 4 is 28.9 Å². The summed E-state index contributed by atoms with van der Waals surface area (Å²) >= 11 is 0. The topological polar surface area (TPSA) is 85.3 Å². The van der Waals surface area contributed by atoms with Crippen LogP contribution in [-0.4, -0.2) is 28.9 Å². The SMILES string of the molecule is CC(=O)C(C)(C)C.CC(=O)C(C)C.CC(=O)C1CCCCC1.CC(=O)c1ccccc1.CC(C)=O. The Bertz CT molecular complexity index is 745. The Morgan fingerprint density at radius 3 is 1.26 bits per heavy atom. The van der Waals surface area contributed by atoms with Gasteiger partial charge in [0.1, 0.15) is 23.1 Å². The quantitative estimate of drug-likeness (QED) is 0.410. The van der Waals surface area contributed by atoms with Crippen LogP contribution in [0.1, 0.15) is 119 Å². The van der Waals surface area contributed by atoms with Crippen molar-refractivity contribution in [2.75, 3.05) is 0 Å². The first-order valence-corrected chi connectivity index (χ1v) is 12.5. The lowest BCUT2D eigenvalue weighted by molar-refractivity contribution is -0.124. The molecule has 0 spiro atoms. The van der Waals surface area contributed by atoms with Crippen molar-refractivity contribution in [1.29, 1.82) is 0 Å². The van der Waals surface area contributed by atoms with Gasteiger partial charge in [0, 0.05) is 22.8 Å². The van der Waals surface area contributed by atoms with Crippen LogP contribution in [0.5, 0.6) is 0 Å². The second kappa shape index (κ2) is 20.9. The molecule has 0 bridgehead atoms. The second-order valence-electron chi connectivity index (χ2n) is 10.3. The van der Waals surface area contributed by atoms with Gasteiger partial charge >= 0.3 is 0 Å². The van der Waals surface area contributed by atoms with Gasteiger partial charge in [0.2, 0.25) is 0 Å². The fraction of sp³-hybridized carbons (Fsp3) is 0.633. The molecule has 0 heterocycles. The third-order valence-electron chi connectivity index (χ3n) is 5.23. The van der Waals surface area contributed by atoms with Crippen molar-refractivity contribution < 1.29 is 24.0 Å². The molecule has 1 saturated carbocycles. The number of Topliss-reactive ketones (excluding diaryl/α,β-unsaturated/α-hetero) is 5. The van der Waals surface area contributed by atoms with Crippen molar-refractivity contribution in [1.82, 2.24) is 0 Å². The molecule has 0 aromatic heterocycles. The molecule has 0 aliphatic heterocycles. The van der Waals surface area contributed by atoms with Gasteiger partial charge < -0.3 is 4.79 Å². The maximum atomic E-state index is 10.8. The number of carbonyl (C=O) groups is 5. The average molecular weight is 491 g/mol. The Morgan fingerprint density at radius 2 is 1.09 bits per heavy atom. The standard InChI is InChI=1S/C8H14O.C8H8O.C6H12O.C5H10O.C3H6O/c2*1-7(9)8-5-3-2-4-6-8;1-5(7)6(2,3)4;1-4(2)5(3)6;1-3(2)4/h8H,2-6H2,1H3;2-6H,1H3;1-4H3;4H,1-3H3;1-2H3. The zero-order valence-corrected chi connectivity index (χ0v) is 24.1. The van der Waals surface area contributed by atoms with Gasteiger partial charge in [-0.15, -0.1) is 0 Å². The van der Waals surface area contributed by atoms with E-state index in [2.05, 4.69) is 0 Å². The fourth-order valence-electron chi connectivity index (χ4n) is 2.18. The molecular weight excluding hydrogens is 440 g/mol. The van der Waals surface area contributed by atoms with Crippen LogP contribution in [0.4, 0.5) is 0 Å². The highest BCUT2D eigenvalue weighted by Crippen LogP contribution is 2.23. The van der Waals surface area contributed by atoms with Crippen LogP contribution in [0.2, 0.25) is 0 Å². The number of hydrogen-bond donors (Lipinski definition) is 0. The maximum absolute atomic E-state index is 10.8. The normalized spacial score (nSPS) is 12.6. The molecule has 0 radical (unpaired) electrons. The summed E-state index contributed by atoms with van der Waals surface area (Å²) in [5.74, 6) is 1.82. The molecule has 0 N–H and O–H groups in total. The van der Waals surface area contributed by atoms with Gasteiger partial charge in [0.25, 0.3) is 0 Å². The monoisotopic (exact) mass is 490 g/mol. The van der Waals surface area contributed by atoms with Crippen molar-refractivity contribution in [3.8, 4) is 0 Å². The Morgan fingerprint density at radius 1 is 0.743 bits per heavy atom. The number of hydrogen-bond acceptors (Lipinski definition) is 5. The molecule has 5 heteroatoms. The Hall–Kier alpha value is -2.43. The van der Waals surface area contributed by atoms with E-state index in [4.69, 9.17) is 0 Å². The van der Waals surface area contributed by atoms with Crippen LogP contribution in [0.3, 0.4) is 0 Å². The third-order valence-corrected chi connectivity index (χ3v) is 5.23. The Kier molecular flexibility index (Phi) is 22.2. The Labute approximate surface area is 214 Å². The molecule has 0 unspecified atom stereocenters. The molecule has 35 heavy (non-hydrogen) atoms. The molecule has 1 aromatic rings. The lowest BCUT2D eigenvalue weighted by Crippen LogP contribution is -2.15. The smallest absolute Gasteiger partial charge is 0.159 e. The van der Waals surface area contributed by atoms with Crippen LogP contribution >= 0.6 is 0 Å². The van der Waals surface area contributed by atoms with Gasteiger partial charge in [-0.05, 0) is 54.4 Å². The zero-order chi connectivity index (χ0) is 28.2. The van der Waals surface area contributed by atoms with E-state index in [1.807, 2.05) is 65.0 Å². The molecule has 1 aliphatic carbocycles. The van der Waals surface area contributed by atoms with Crippen LogP contribution < -0.4 is 0 Å². The summed E-state index contributed by atoms with van der Waals surface area (Å²) in [6, 6.07) is 9.23. The molecule has 0 saturated heterocycles. The fourth-order valence-corrected chi connectivity index (χ4v) is 2.18. The molecule has 2 rings (SSSR count). The van der Waals surface area contributed by atoms with Crippen molar-refractivity contribution in [2.24, 2.45) is 17.3 Å². The first kappa shape index (κ1) is 37.1. The van der Waals surface area contributed by atoms with Gasteiger partial charge in [-0.2, -0.15) is 0 Å². The summed E-state index contributed by atoms with van der Waals surface area (Å²) in [6.07, 6.45) is 6.17. The first-order chi connectivity index (χ1) is 15.9. The van der Waals surface area contributed by atoms with E-state index in [1.54, 1.807) is 27.7 Å². The van der Waals surface area contributed by atoms with Gasteiger partial charge in [0.15, 0.2) is 5.78 Å². The molecule has 1 aliphatic rings. The van der Waals surface area contributed by atoms with E-state index in [1.165, 1.54) is 33.1 Å². The first-order valence-electron chi connectivity index (χ1n) is 12.5. The predicted molar refractivity (Wildman–Crippen MR) is 146 cm³/mol. The lowest BCUT2D eigenvalue weighted by atomic mass is 9.87. The van der Waals surface area contributed by atoms with Gasteiger partial charge in [-0.3, -0.25) is 19.2 Å². The van der Waals surface area contributed by atoms with E-state index in [9.17, 15) is 24.0 Å². The summed E-state index contributed by atoms with van der Waals surface area (Å²) in [5.41, 5.74) is 0.637. The van der Waals surface area contributed by atoms with Crippen LogP contribution in [0.25, 0.3) is 0 Å². The van der Waals surface area contributed by atoms with Gasteiger partial charge in [-0.1, -0.05) is 84.2 Å². The molecule has 1 fully saturated rings. The largest absolute Gasteiger partial charge is 0.300 e. The highest BCUT2D eigenvalue weighted by molar-refractivity contribution is 5.93. The van der Waals surface area contributed by atoms with E-state index >= 15 is 0 Å². The molecular formula is C30H50O5. The predicted octanol–water partition coefficient (Wildman–Crippen LogP) is 7.49. The van der Waals surface area contributed by atoms with E-state index in [0.717, 1.165) is 18.4 Å². The highest BCUT2D eigenvalue weighted by Gasteiger charge is 2.16. The number of rotatable bonds is 3. The van der Waals surface area contributed by atoms with E-state index in [-0.39, 0.29) is 34.5 Å². The van der Waals surface area contributed by atoms with Gasteiger partial charge in [0.05, 0.1) is 0 Å². The van der Waals surface area contributed by atoms with E-state index in [0.29, 0.717) is 11.7 Å². The van der Waals surface area contributed by atoms with Crippen molar-refractivity contribution in [3.05, 3.63) is 35.9 Å². The maximum Gasteiger partial charge on any atom is 0.159 e. The minimum atomic E-state index is -0.139. The zero-order valence-electron chi connectivity index (χ0n) is 24.1. The molecule has 0 atom stereocenters. The van der Waals surface area contributed by atoms with Crippen LogP contribution in [0, 0.1) is 17.3 Å². The number of carbonyl (C=O) groups excluding carboxylic acids is 5. The highest BCUT2D eigenvalue weighted by atomic mass is 16.1. The van der Waals surface area contributed by atoms with Crippen molar-refractivity contribution in [2.45, 2.75) is 108 Å². The van der Waals surface area contributed by atoms with Crippen LogP contribution in [-0.2, 0) is 19.2 Å². The number of ketones is 5. The minimum absolute atomic E-state index is 0.121. The van der Waals surface area contributed by atoms with E-state index < -0.39 is 0 Å². The molecule has 200 valence electrons. The number of benzene rings is 1. The summed E-state index contributed by atoms with van der Waals surface area (Å²) in [6.45, 7) is 19.1. The molecule has 0 amide bonds. The van der Waals surface area contributed by atoms with Crippen LogP contribution in [0.15, 0.2) is 30.3 Å². The lowest BCUT2D eigenvalue weighted by Gasteiger charge is -2.17. The minimum Gasteiger partial charge on any atom is -0.300 e. The third kappa shape index (κ3) is 27.7. The van der Waals surface area contributed by atoms with Crippen molar-refractivity contribution in [3.63, 3.8) is 0 Å². The second-order valence-corrected chi connectivity index (χ2v) is 10.3. The molecule has 5 nitrogen and oxygen atoms in total. The summed E-state index contributed by atoms with van der Waals surface area (Å²) in [4.78, 5) is 51.5. The summed E-state index contributed by atoms with van der Waals surface area (Å²) in [7, 11) is 0. The summed E-state index contributed by atoms with van der Waals surface area (Å²) in [5, 5.41) is 0.